The van der Waals surface area contributed by atoms with Gasteiger partial charge in [0.25, 0.3) is 0 Å². The third-order valence-electron chi connectivity index (χ3n) is 5.32. The number of rotatable bonds is 4. The largest absolute Gasteiger partial charge is 0.374 e. The predicted octanol–water partition coefficient (Wildman–Crippen LogP) is 4.92. The van der Waals surface area contributed by atoms with Crippen molar-refractivity contribution >= 4 is 15.9 Å². The second-order valence-corrected chi connectivity index (χ2v) is 7.26. The van der Waals surface area contributed by atoms with Gasteiger partial charge in [0.05, 0.1) is 12.2 Å². The van der Waals surface area contributed by atoms with Crippen LogP contribution in [0.4, 0.5) is 0 Å². The van der Waals surface area contributed by atoms with Crippen molar-refractivity contribution in [1.82, 2.24) is 0 Å². The molecule has 0 N–H and O–H groups in total. The number of ether oxygens (including phenoxy) is 1. The topological polar surface area (TPSA) is 9.23 Å². The summed E-state index contributed by atoms with van der Waals surface area (Å²) >= 11 is 3.84. The highest BCUT2D eigenvalue weighted by atomic mass is 79.9. The minimum absolute atomic E-state index is 0.420. The van der Waals surface area contributed by atoms with E-state index in [4.69, 9.17) is 4.74 Å². The molecule has 0 aliphatic heterocycles. The van der Waals surface area contributed by atoms with E-state index < -0.39 is 0 Å². The van der Waals surface area contributed by atoms with E-state index in [0.29, 0.717) is 22.5 Å². The summed E-state index contributed by atoms with van der Waals surface area (Å²) in [6.45, 7) is 7.00. The van der Waals surface area contributed by atoms with E-state index in [1.165, 1.54) is 44.9 Å². The maximum atomic E-state index is 6.41. The number of alkyl halides is 1. The summed E-state index contributed by atoms with van der Waals surface area (Å²) in [7, 11) is 0. The van der Waals surface area contributed by atoms with Gasteiger partial charge < -0.3 is 4.74 Å². The van der Waals surface area contributed by atoms with E-state index in [2.05, 4.69) is 36.7 Å². The average Bonchev–Trinajstić information content (AvgIpc) is 2.33. The van der Waals surface area contributed by atoms with Crippen molar-refractivity contribution in [1.29, 1.82) is 0 Å². The lowest BCUT2D eigenvalue weighted by atomic mass is 9.62. The maximum Gasteiger partial charge on any atom is 0.0656 e. The number of hydrogen-bond donors (Lipinski definition) is 0. The van der Waals surface area contributed by atoms with Crippen molar-refractivity contribution < 1.29 is 4.74 Å². The normalized spacial score (nSPS) is 40.9. The van der Waals surface area contributed by atoms with Gasteiger partial charge >= 0.3 is 0 Å². The van der Waals surface area contributed by atoms with Gasteiger partial charge in [-0.15, -0.1) is 0 Å². The van der Waals surface area contributed by atoms with Crippen molar-refractivity contribution in [2.75, 3.05) is 0 Å². The molecule has 2 saturated carbocycles. The molecule has 0 aromatic rings. The Labute approximate surface area is 115 Å². The average molecular weight is 303 g/mol. The molecule has 0 amide bonds. The second kappa shape index (κ2) is 5.61. The van der Waals surface area contributed by atoms with Gasteiger partial charge in [-0.1, -0.05) is 36.7 Å². The molecule has 0 heterocycles. The van der Waals surface area contributed by atoms with E-state index >= 15 is 0 Å². The molecule has 2 aliphatic rings. The SMILES string of the molecule is CCC1(CC)C(Br)CC1OC1CCC(C)CC1. The first kappa shape index (κ1) is 13.9. The molecule has 1 nitrogen and oxygen atoms in total. The van der Waals surface area contributed by atoms with Crippen LogP contribution >= 0.6 is 15.9 Å². The molecule has 2 aliphatic carbocycles. The lowest BCUT2D eigenvalue weighted by Crippen LogP contribution is -2.56. The number of hydrogen-bond acceptors (Lipinski definition) is 1. The van der Waals surface area contributed by atoms with E-state index in [1.807, 2.05) is 0 Å². The Bertz CT molecular complexity index is 241. The van der Waals surface area contributed by atoms with Crippen molar-refractivity contribution in [2.45, 2.75) is 82.8 Å². The molecule has 2 fully saturated rings. The third-order valence-corrected chi connectivity index (χ3v) is 6.61. The zero-order chi connectivity index (χ0) is 12.5. The van der Waals surface area contributed by atoms with E-state index in [-0.39, 0.29) is 0 Å². The van der Waals surface area contributed by atoms with Gasteiger partial charge in [0, 0.05) is 10.2 Å². The van der Waals surface area contributed by atoms with Crippen LogP contribution in [0.3, 0.4) is 0 Å². The zero-order valence-corrected chi connectivity index (χ0v) is 13.1. The Morgan fingerprint density at radius 3 is 2.18 bits per heavy atom. The molecule has 100 valence electrons. The van der Waals surface area contributed by atoms with Crippen LogP contribution < -0.4 is 0 Å². The number of halogens is 1. The second-order valence-electron chi connectivity index (χ2n) is 6.15. The van der Waals surface area contributed by atoms with Gasteiger partial charge in [-0.05, 0) is 50.9 Å². The van der Waals surface area contributed by atoms with E-state index in [9.17, 15) is 0 Å². The van der Waals surface area contributed by atoms with Crippen LogP contribution in [0.25, 0.3) is 0 Å². The molecule has 2 rings (SSSR count). The lowest BCUT2D eigenvalue weighted by molar-refractivity contribution is -0.148. The van der Waals surface area contributed by atoms with Gasteiger partial charge in [-0.25, -0.2) is 0 Å². The van der Waals surface area contributed by atoms with Crippen LogP contribution in [-0.2, 0) is 4.74 Å². The summed E-state index contributed by atoms with van der Waals surface area (Å²) in [5, 5.41) is 0. The van der Waals surface area contributed by atoms with Crippen LogP contribution in [0, 0.1) is 11.3 Å². The smallest absolute Gasteiger partial charge is 0.0656 e. The summed E-state index contributed by atoms with van der Waals surface area (Å²) in [5.74, 6) is 0.919. The van der Waals surface area contributed by atoms with Crippen molar-refractivity contribution in [3.63, 3.8) is 0 Å². The molecule has 0 radical (unpaired) electrons. The maximum absolute atomic E-state index is 6.41. The third kappa shape index (κ3) is 2.58. The molecule has 0 spiro atoms. The van der Waals surface area contributed by atoms with E-state index in [1.54, 1.807) is 0 Å². The minimum atomic E-state index is 0.420. The minimum Gasteiger partial charge on any atom is -0.374 e. The lowest BCUT2D eigenvalue weighted by Gasteiger charge is -2.54. The summed E-state index contributed by atoms with van der Waals surface area (Å²) in [5.41, 5.74) is 0.420. The molecular formula is C15H27BrO. The fourth-order valence-corrected chi connectivity index (χ4v) is 4.92. The fraction of sp³-hybridized carbons (Fsp3) is 1.00. The zero-order valence-electron chi connectivity index (χ0n) is 11.5. The molecule has 0 bridgehead atoms. The first-order valence-corrected chi connectivity index (χ1v) is 8.33. The Kier molecular flexibility index (Phi) is 4.57. The van der Waals surface area contributed by atoms with Gasteiger partial charge in [-0.3, -0.25) is 0 Å². The van der Waals surface area contributed by atoms with Crippen LogP contribution in [0.1, 0.15) is 65.7 Å². The Balaban J connectivity index is 1.87. The van der Waals surface area contributed by atoms with Gasteiger partial charge in [-0.2, -0.15) is 0 Å². The highest BCUT2D eigenvalue weighted by molar-refractivity contribution is 9.09. The van der Waals surface area contributed by atoms with Gasteiger partial charge in [0.15, 0.2) is 0 Å². The Morgan fingerprint density at radius 2 is 1.71 bits per heavy atom. The highest BCUT2D eigenvalue weighted by Gasteiger charge is 2.52. The van der Waals surface area contributed by atoms with Crippen molar-refractivity contribution in [2.24, 2.45) is 11.3 Å². The van der Waals surface area contributed by atoms with Gasteiger partial charge in [0.2, 0.25) is 0 Å². The molecule has 2 heteroatoms. The molecule has 2 atom stereocenters. The van der Waals surface area contributed by atoms with Crippen LogP contribution in [0.2, 0.25) is 0 Å². The van der Waals surface area contributed by atoms with Crippen LogP contribution in [0.15, 0.2) is 0 Å². The predicted molar refractivity (Wildman–Crippen MR) is 76.6 cm³/mol. The van der Waals surface area contributed by atoms with Crippen molar-refractivity contribution in [3.8, 4) is 0 Å². The molecule has 17 heavy (non-hydrogen) atoms. The van der Waals surface area contributed by atoms with Crippen LogP contribution in [-0.4, -0.2) is 17.0 Å². The first-order chi connectivity index (χ1) is 8.12. The summed E-state index contributed by atoms with van der Waals surface area (Å²) in [6, 6.07) is 0. The molecule has 0 saturated heterocycles. The molecule has 2 unspecified atom stereocenters. The Hall–Kier alpha value is 0.440. The summed E-state index contributed by atoms with van der Waals surface area (Å²) in [6.07, 6.45) is 10.1. The standard InChI is InChI=1S/C15H27BrO/c1-4-15(5-2)13(16)10-14(15)17-12-8-6-11(3)7-9-12/h11-14H,4-10H2,1-3H3. The fourth-order valence-electron chi connectivity index (χ4n) is 3.64. The summed E-state index contributed by atoms with van der Waals surface area (Å²) in [4.78, 5) is 0.678. The molecule has 0 aromatic carbocycles. The monoisotopic (exact) mass is 302 g/mol. The van der Waals surface area contributed by atoms with E-state index in [0.717, 1.165) is 5.92 Å². The Morgan fingerprint density at radius 1 is 1.12 bits per heavy atom. The molecular weight excluding hydrogens is 276 g/mol. The highest BCUT2D eigenvalue weighted by Crippen LogP contribution is 2.53. The quantitative estimate of drug-likeness (QED) is 0.670. The molecule has 0 aromatic heterocycles. The van der Waals surface area contributed by atoms with Gasteiger partial charge in [0.1, 0.15) is 0 Å². The first-order valence-electron chi connectivity index (χ1n) is 7.42. The summed E-state index contributed by atoms with van der Waals surface area (Å²) < 4.78 is 6.41. The van der Waals surface area contributed by atoms with Crippen molar-refractivity contribution in [3.05, 3.63) is 0 Å². The van der Waals surface area contributed by atoms with Crippen LogP contribution in [0.5, 0.6) is 0 Å².